The van der Waals surface area contributed by atoms with Crippen LogP contribution in [0.5, 0.6) is 5.75 Å². The van der Waals surface area contributed by atoms with Crippen molar-refractivity contribution in [3.8, 4) is 5.75 Å². The van der Waals surface area contributed by atoms with Gasteiger partial charge in [-0.2, -0.15) is 0 Å². The quantitative estimate of drug-likeness (QED) is 0.660. The van der Waals surface area contributed by atoms with Crippen LogP contribution in [0.1, 0.15) is 41.6 Å². The van der Waals surface area contributed by atoms with E-state index in [1.807, 2.05) is 18.2 Å². The molecule has 0 bridgehead atoms. The van der Waals surface area contributed by atoms with Crippen molar-refractivity contribution in [2.45, 2.75) is 37.7 Å². The van der Waals surface area contributed by atoms with Gasteiger partial charge in [-0.05, 0) is 48.9 Å². The lowest BCUT2D eigenvalue weighted by molar-refractivity contribution is 0.0190. The van der Waals surface area contributed by atoms with E-state index < -0.39 is 0 Å². The van der Waals surface area contributed by atoms with Crippen LogP contribution in [0.3, 0.4) is 0 Å². The Morgan fingerprint density at radius 1 is 1.08 bits per heavy atom. The Hall–Kier alpha value is -2.33. The monoisotopic (exact) mass is 350 g/mol. The van der Waals surface area contributed by atoms with Gasteiger partial charge in [-0.1, -0.05) is 18.2 Å². The molecular weight excluding hydrogens is 324 g/mol. The third-order valence-electron chi connectivity index (χ3n) is 5.69. The van der Waals surface area contributed by atoms with Gasteiger partial charge in [0, 0.05) is 50.0 Å². The molecule has 0 aromatic heterocycles. The molecule has 2 aliphatic heterocycles. The van der Waals surface area contributed by atoms with Crippen molar-refractivity contribution in [2.75, 3.05) is 25.4 Å². The molecule has 2 N–H and O–H groups in total. The van der Waals surface area contributed by atoms with E-state index in [2.05, 4.69) is 23.1 Å². The molecule has 4 nitrogen and oxygen atoms in total. The number of nitrogens with two attached hydrogens (primary N) is 1. The van der Waals surface area contributed by atoms with Crippen LogP contribution >= 0.6 is 0 Å². The van der Waals surface area contributed by atoms with Crippen molar-refractivity contribution < 1.29 is 9.53 Å². The molecule has 2 aromatic carbocycles. The lowest BCUT2D eigenvalue weighted by Crippen LogP contribution is -2.47. The van der Waals surface area contributed by atoms with E-state index in [1.165, 1.54) is 5.56 Å². The molecule has 0 atom stereocenters. The Morgan fingerprint density at radius 3 is 2.54 bits per heavy atom. The van der Waals surface area contributed by atoms with Crippen LogP contribution in [-0.4, -0.2) is 35.9 Å². The summed E-state index contributed by atoms with van der Waals surface area (Å²) in [5.74, 6) is 1.27. The number of carbonyl (C=O) groups excluding carboxylic acids is 1. The first-order valence-electron chi connectivity index (χ1n) is 9.52. The van der Waals surface area contributed by atoms with Crippen LogP contribution in [-0.2, 0) is 6.42 Å². The highest BCUT2D eigenvalue weighted by molar-refractivity contribution is 5.96. The summed E-state index contributed by atoms with van der Waals surface area (Å²) in [4.78, 5) is 14.7. The Kier molecular flexibility index (Phi) is 4.68. The van der Waals surface area contributed by atoms with Crippen LogP contribution in [0.4, 0.5) is 5.69 Å². The molecule has 4 heteroatoms. The fraction of sp³-hybridized carbons (Fsp3) is 0.409. The summed E-state index contributed by atoms with van der Waals surface area (Å²) in [6, 6.07) is 15.6. The van der Waals surface area contributed by atoms with Gasteiger partial charge >= 0.3 is 0 Å². The minimum absolute atomic E-state index is 0.0000241. The van der Waals surface area contributed by atoms with Crippen LogP contribution in [0, 0.1) is 0 Å². The molecule has 2 heterocycles. The van der Waals surface area contributed by atoms with Crippen molar-refractivity contribution in [2.24, 2.45) is 0 Å². The second kappa shape index (κ2) is 7.12. The maximum Gasteiger partial charge on any atom is 0.162 e. The number of piperidine rings is 1. The SMILES string of the molecule is Nc1ccc(C(=O)CCCN2CCC3(CC2)Cc2ccccc2O3)cc1. The van der Waals surface area contributed by atoms with Gasteiger partial charge in [-0.3, -0.25) is 4.79 Å². The number of hydrogen-bond donors (Lipinski definition) is 1. The van der Waals surface area contributed by atoms with Gasteiger partial charge in [0.25, 0.3) is 0 Å². The zero-order valence-corrected chi connectivity index (χ0v) is 15.1. The van der Waals surface area contributed by atoms with Crippen molar-refractivity contribution in [1.82, 2.24) is 4.90 Å². The second-order valence-corrected chi connectivity index (χ2v) is 7.56. The molecule has 1 saturated heterocycles. The molecule has 4 rings (SSSR count). The van der Waals surface area contributed by atoms with Gasteiger partial charge in [0.15, 0.2) is 5.78 Å². The third kappa shape index (κ3) is 3.61. The highest BCUT2D eigenvalue weighted by Crippen LogP contribution is 2.40. The molecule has 1 spiro atoms. The Morgan fingerprint density at radius 2 is 1.81 bits per heavy atom. The summed E-state index contributed by atoms with van der Waals surface area (Å²) in [7, 11) is 0. The van der Waals surface area contributed by atoms with Crippen molar-refractivity contribution in [3.63, 3.8) is 0 Å². The lowest BCUT2D eigenvalue weighted by Gasteiger charge is -2.38. The molecule has 0 radical (unpaired) electrons. The van der Waals surface area contributed by atoms with Gasteiger partial charge in [0.2, 0.25) is 0 Å². The minimum atomic E-state index is -0.0000241. The number of fused-ring (bicyclic) bond motifs is 1. The molecule has 0 amide bonds. The van der Waals surface area contributed by atoms with E-state index in [9.17, 15) is 4.79 Å². The van der Waals surface area contributed by atoms with Crippen molar-refractivity contribution in [1.29, 1.82) is 0 Å². The highest BCUT2D eigenvalue weighted by Gasteiger charge is 2.41. The lowest BCUT2D eigenvalue weighted by atomic mass is 9.87. The van der Waals surface area contributed by atoms with Crippen LogP contribution in [0.25, 0.3) is 0 Å². The number of benzene rings is 2. The summed E-state index contributed by atoms with van der Waals surface area (Å²) in [5, 5.41) is 0. The number of hydrogen-bond acceptors (Lipinski definition) is 4. The van der Waals surface area contributed by atoms with E-state index in [-0.39, 0.29) is 11.4 Å². The minimum Gasteiger partial charge on any atom is -0.487 e. The number of carbonyl (C=O) groups is 1. The van der Waals surface area contributed by atoms with Gasteiger partial charge in [0.05, 0.1) is 0 Å². The maximum atomic E-state index is 12.2. The number of likely N-dealkylation sites (tertiary alicyclic amines) is 1. The summed E-state index contributed by atoms with van der Waals surface area (Å²) < 4.78 is 6.30. The average Bonchev–Trinajstić information content (AvgIpc) is 3.01. The molecule has 26 heavy (non-hydrogen) atoms. The molecule has 2 aromatic rings. The van der Waals surface area contributed by atoms with Crippen molar-refractivity contribution in [3.05, 3.63) is 59.7 Å². The number of ether oxygens (including phenoxy) is 1. The zero-order valence-electron chi connectivity index (χ0n) is 15.1. The van der Waals surface area contributed by atoms with Gasteiger partial charge in [-0.15, -0.1) is 0 Å². The van der Waals surface area contributed by atoms with Crippen molar-refractivity contribution >= 4 is 11.5 Å². The molecule has 1 fully saturated rings. The van der Waals surface area contributed by atoms with Crippen LogP contribution < -0.4 is 10.5 Å². The van der Waals surface area contributed by atoms with E-state index in [4.69, 9.17) is 10.5 Å². The first-order valence-corrected chi connectivity index (χ1v) is 9.52. The van der Waals surface area contributed by atoms with E-state index >= 15 is 0 Å². The van der Waals surface area contributed by atoms with Crippen LogP contribution in [0.15, 0.2) is 48.5 Å². The molecular formula is C22H26N2O2. The zero-order chi connectivity index (χ0) is 18.0. The Labute approximate surface area is 155 Å². The Bertz CT molecular complexity index is 750. The molecule has 2 aliphatic rings. The van der Waals surface area contributed by atoms with E-state index in [0.717, 1.165) is 56.6 Å². The number of nitrogen functional groups attached to an aromatic ring is 1. The summed E-state index contributed by atoms with van der Waals surface area (Å²) in [5.41, 5.74) is 8.47. The normalized spacial score (nSPS) is 18.5. The van der Waals surface area contributed by atoms with Gasteiger partial charge in [0.1, 0.15) is 11.4 Å². The standard InChI is InChI=1S/C22H26N2O2/c23-19-9-7-17(8-10-19)20(25)5-3-13-24-14-11-22(12-15-24)16-18-4-1-2-6-21(18)26-22/h1-2,4,6-10H,3,5,11-16,23H2. The predicted molar refractivity (Wildman–Crippen MR) is 104 cm³/mol. The fourth-order valence-electron chi connectivity index (χ4n) is 4.11. The number of Topliss-reactive ketones (excluding diaryl/α,β-unsaturated/α-hetero) is 1. The average molecular weight is 350 g/mol. The predicted octanol–water partition coefficient (Wildman–Crippen LogP) is 3.70. The molecule has 0 saturated carbocycles. The fourth-order valence-corrected chi connectivity index (χ4v) is 4.11. The number of para-hydroxylation sites is 1. The smallest absolute Gasteiger partial charge is 0.162 e. The van der Waals surface area contributed by atoms with Gasteiger partial charge < -0.3 is 15.4 Å². The van der Waals surface area contributed by atoms with Crippen LogP contribution in [0.2, 0.25) is 0 Å². The maximum absolute atomic E-state index is 12.2. The molecule has 0 aliphatic carbocycles. The first kappa shape index (κ1) is 17.1. The summed E-state index contributed by atoms with van der Waals surface area (Å²) >= 11 is 0. The number of anilines is 1. The van der Waals surface area contributed by atoms with Gasteiger partial charge in [-0.25, -0.2) is 0 Å². The number of rotatable bonds is 5. The first-order chi connectivity index (χ1) is 12.6. The largest absolute Gasteiger partial charge is 0.487 e. The summed E-state index contributed by atoms with van der Waals surface area (Å²) in [6.07, 6.45) is 4.65. The Balaban J connectivity index is 1.22. The number of nitrogens with zero attached hydrogens (tertiary/aromatic N) is 1. The number of ketones is 1. The third-order valence-corrected chi connectivity index (χ3v) is 5.69. The molecule has 136 valence electrons. The van der Waals surface area contributed by atoms with E-state index in [0.29, 0.717) is 12.1 Å². The molecule has 0 unspecified atom stereocenters. The second-order valence-electron chi connectivity index (χ2n) is 7.56. The van der Waals surface area contributed by atoms with E-state index in [1.54, 1.807) is 12.1 Å². The highest BCUT2D eigenvalue weighted by atomic mass is 16.5. The topological polar surface area (TPSA) is 55.6 Å². The summed E-state index contributed by atoms with van der Waals surface area (Å²) in [6.45, 7) is 3.07.